The van der Waals surface area contributed by atoms with Gasteiger partial charge in [-0.1, -0.05) is 5.11 Å². The summed E-state index contributed by atoms with van der Waals surface area (Å²) in [6, 6.07) is -1.50. The predicted molar refractivity (Wildman–Crippen MR) is 150 cm³/mol. The van der Waals surface area contributed by atoms with Crippen LogP contribution in [0.4, 0.5) is 11.8 Å². The fourth-order valence-electron chi connectivity index (χ4n) is 5.50. The Hall–Kier alpha value is -4.09. The maximum Gasteiger partial charge on any atom is 0.472 e. The molecule has 0 aromatic carbocycles. The number of H-pyrrole nitrogens is 1. The second kappa shape index (κ2) is 11.6. The highest BCUT2D eigenvalue weighted by Crippen LogP contribution is 2.54. The second-order valence-electron chi connectivity index (χ2n) is 10.3. The van der Waals surface area contributed by atoms with Crippen LogP contribution in [0.25, 0.3) is 32.8 Å². The lowest BCUT2D eigenvalue weighted by atomic mass is 10.1. The zero-order valence-electron chi connectivity index (χ0n) is 23.3. The molecule has 2 bridgehead atoms. The number of phosphoric ester groups is 2. The topological polar surface area (TPSA) is 358 Å². The number of aliphatic hydroxyl groups is 1. The van der Waals surface area contributed by atoms with Crippen LogP contribution >= 0.6 is 15.6 Å². The second-order valence-corrected chi connectivity index (χ2v) is 13.2. The summed E-state index contributed by atoms with van der Waals surface area (Å²) < 4.78 is 61.8. The van der Waals surface area contributed by atoms with Gasteiger partial charge >= 0.3 is 15.6 Å². The molecule has 4 aromatic heterocycles. The minimum absolute atomic E-state index is 0.0268. The summed E-state index contributed by atoms with van der Waals surface area (Å²) in [4.78, 5) is 58.9. The van der Waals surface area contributed by atoms with Gasteiger partial charge in [0, 0.05) is 4.91 Å². The largest absolute Gasteiger partial charge is 0.472 e. The van der Waals surface area contributed by atoms with E-state index in [1.165, 1.54) is 10.9 Å². The number of phosphoric acid groups is 2. The number of imidazole rings is 2. The molecular weight excluding hydrogens is 676 g/mol. The van der Waals surface area contributed by atoms with Crippen LogP contribution in [-0.2, 0) is 36.7 Å². The average Bonchev–Trinajstić information content (AvgIpc) is 3.76. The van der Waals surface area contributed by atoms with Crippen molar-refractivity contribution in [1.29, 1.82) is 0 Å². The molecule has 0 radical (unpaired) electrons. The normalized spacial score (nSPS) is 36.3. The van der Waals surface area contributed by atoms with E-state index in [1.807, 2.05) is 0 Å². The van der Waals surface area contributed by atoms with Crippen LogP contribution in [0.15, 0.2) is 28.9 Å². The molecule has 10 atom stereocenters. The van der Waals surface area contributed by atoms with Crippen molar-refractivity contribution >= 4 is 49.7 Å². The Morgan fingerprint density at radius 1 is 0.936 bits per heavy atom. The number of azide groups is 1. The van der Waals surface area contributed by atoms with Crippen molar-refractivity contribution in [2.45, 2.75) is 49.0 Å². The Bertz CT molecular complexity index is 2070. The number of nitrogens with one attached hydrogen (secondary N) is 1. The molecule has 3 saturated heterocycles. The number of aromatic nitrogens is 8. The first-order valence-corrected chi connectivity index (χ1v) is 16.3. The van der Waals surface area contributed by atoms with Crippen molar-refractivity contribution in [3.8, 4) is 0 Å². The number of hydrogen-bond donors (Lipinski definition) is 6. The van der Waals surface area contributed by atoms with E-state index in [0.717, 1.165) is 17.2 Å². The Morgan fingerprint density at radius 2 is 1.57 bits per heavy atom. The molecule has 250 valence electrons. The van der Waals surface area contributed by atoms with Crippen LogP contribution in [0.2, 0.25) is 0 Å². The molecule has 3 aliphatic rings. The van der Waals surface area contributed by atoms with E-state index in [1.54, 1.807) is 0 Å². The fourth-order valence-corrected chi connectivity index (χ4v) is 7.39. The number of nitrogens with zero attached hydrogens (tertiary/aromatic N) is 10. The number of ether oxygens (including phenoxy) is 2. The first-order valence-electron chi connectivity index (χ1n) is 13.4. The summed E-state index contributed by atoms with van der Waals surface area (Å²) in [5.41, 5.74) is 20.1. The van der Waals surface area contributed by atoms with Crippen LogP contribution in [-0.4, -0.2) is 104 Å². The summed E-state index contributed by atoms with van der Waals surface area (Å²) in [5, 5.41) is 14.8. The fraction of sp³-hybridized carbons (Fsp3) is 0.500. The van der Waals surface area contributed by atoms with Crippen LogP contribution in [0.3, 0.4) is 0 Å². The van der Waals surface area contributed by atoms with Crippen molar-refractivity contribution in [3.05, 3.63) is 39.8 Å². The zero-order chi connectivity index (χ0) is 33.2. The molecule has 27 heteroatoms. The van der Waals surface area contributed by atoms with Crippen LogP contribution in [0, 0.1) is 0 Å². The van der Waals surface area contributed by atoms with Gasteiger partial charge in [-0.25, -0.2) is 29.1 Å². The molecule has 8 N–H and O–H groups in total. The highest BCUT2D eigenvalue weighted by Gasteiger charge is 2.54. The molecule has 4 unspecified atom stereocenters. The Morgan fingerprint density at radius 3 is 2.30 bits per heavy atom. The van der Waals surface area contributed by atoms with Crippen molar-refractivity contribution in [3.63, 3.8) is 0 Å². The first-order chi connectivity index (χ1) is 22.4. The molecule has 0 saturated carbocycles. The molecule has 47 heavy (non-hydrogen) atoms. The quantitative estimate of drug-likeness (QED) is 0.0644. The third-order valence-electron chi connectivity index (χ3n) is 7.51. The monoisotopic (exact) mass is 699 g/mol. The van der Waals surface area contributed by atoms with E-state index in [-0.39, 0.29) is 34.1 Å². The van der Waals surface area contributed by atoms with Crippen molar-refractivity contribution in [2.75, 3.05) is 24.7 Å². The maximum atomic E-state index is 13.4. The van der Waals surface area contributed by atoms with Gasteiger partial charge in [-0.05, 0) is 5.53 Å². The van der Waals surface area contributed by atoms with E-state index in [2.05, 4.69) is 39.9 Å². The van der Waals surface area contributed by atoms with E-state index < -0.39 is 83.4 Å². The third kappa shape index (κ3) is 5.63. The van der Waals surface area contributed by atoms with Crippen LogP contribution < -0.4 is 17.0 Å². The molecular formula is C20H23N13O12P2. The zero-order valence-corrected chi connectivity index (χ0v) is 25.1. The van der Waals surface area contributed by atoms with Gasteiger partial charge in [0.05, 0.1) is 38.0 Å². The minimum Gasteiger partial charge on any atom is -0.386 e. The highest BCUT2D eigenvalue weighted by atomic mass is 31.2. The number of aromatic amines is 1. The number of anilines is 2. The van der Waals surface area contributed by atoms with E-state index >= 15 is 0 Å². The summed E-state index contributed by atoms with van der Waals surface area (Å²) in [5.74, 6) is -0.270. The molecule has 0 aliphatic carbocycles. The maximum absolute atomic E-state index is 13.4. The van der Waals surface area contributed by atoms with Gasteiger partial charge in [0.25, 0.3) is 5.56 Å². The molecule has 7 heterocycles. The van der Waals surface area contributed by atoms with E-state index in [4.69, 9.17) is 39.0 Å². The lowest BCUT2D eigenvalue weighted by Gasteiger charge is -2.26. The lowest BCUT2D eigenvalue weighted by Crippen LogP contribution is -2.36. The lowest BCUT2D eigenvalue weighted by molar-refractivity contribution is -0.0670. The number of nitrogen functional groups attached to an aromatic ring is 2. The smallest absolute Gasteiger partial charge is 0.386 e. The van der Waals surface area contributed by atoms with Crippen molar-refractivity contribution in [1.82, 2.24) is 39.0 Å². The van der Waals surface area contributed by atoms with E-state index in [0.29, 0.717) is 0 Å². The Balaban J connectivity index is 1.24. The number of hydrogen-bond acceptors (Lipinski definition) is 18. The van der Waals surface area contributed by atoms with Gasteiger partial charge in [0.2, 0.25) is 5.95 Å². The van der Waals surface area contributed by atoms with Gasteiger partial charge in [-0.3, -0.25) is 37.0 Å². The average molecular weight is 699 g/mol. The van der Waals surface area contributed by atoms with Gasteiger partial charge in [-0.2, -0.15) is 4.98 Å². The Kier molecular flexibility index (Phi) is 7.75. The molecule has 3 aliphatic heterocycles. The molecule has 4 aromatic rings. The number of aliphatic hydroxyl groups excluding tert-OH is 1. The predicted octanol–water partition coefficient (Wildman–Crippen LogP) is -1.02. The molecule has 3 fully saturated rings. The van der Waals surface area contributed by atoms with Crippen LogP contribution in [0.5, 0.6) is 0 Å². The molecule has 7 rings (SSSR count). The number of nitrogens with two attached hydrogens (primary N) is 2. The highest BCUT2D eigenvalue weighted by molar-refractivity contribution is 7.47. The van der Waals surface area contributed by atoms with Crippen molar-refractivity contribution < 1.29 is 51.6 Å². The van der Waals surface area contributed by atoms with Crippen molar-refractivity contribution in [2.24, 2.45) is 5.11 Å². The van der Waals surface area contributed by atoms with Gasteiger partial charge < -0.3 is 35.8 Å². The SMILES string of the molecule is [N-]=[N+]=NC1[C@H]2COP(=O)(O)OC3[C@@H](COP(=O)(O)O[C@@H]1[C@H](n1cnc4c(=O)[nH]c(N)nc41)O2)O[C@@H](n1cnc2c(N)ncnc21)[C@H]3O. The molecule has 0 amide bonds. The minimum atomic E-state index is -5.16. The number of fused-ring (bicyclic) bond motifs is 5. The summed E-state index contributed by atoms with van der Waals surface area (Å²) in [6.07, 6.45) is -7.45. The van der Waals surface area contributed by atoms with Gasteiger partial charge in [-0.15, -0.1) is 0 Å². The first kappa shape index (κ1) is 31.5. The summed E-state index contributed by atoms with van der Waals surface area (Å²) >= 11 is 0. The summed E-state index contributed by atoms with van der Waals surface area (Å²) in [6.45, 7) is -1.67. The standard InChI is InChI=1S/C20H23N13O12P2/c21-14-9-15(25-3-24-14)32(4-26-9)18-11(34)12-7(43-18)2-41-47(38,39)45-13-8(30-31-23)6(1-40-46(36,37)44-12)42-19(13)33-5-27-10-16(33)28-20(22)29-17(10)35/h3-8,11-13,18-19,34H,1-2H2,(H,36,37)(H,38,39)(H2,21,24,25)(H3,22,28,29,35)/t6-,7-,8?,11+,12?,13+,18-,19-/m1/s1. The van der Waals surface area contributed by atoms with Gasteiger partial charge in [0.15, 0.2) is 35.1 Å². The molecule has 0 spiro atoms. The van der Waals surface area contributed by atoms with Crippen LogP contribution in [0.1, 0.15) is 12.5 Å². The van der Waals surface area contributed by atoms with E-state index in [9.17, 15) is 34.3 Å². The number of rotatable bonds is 3. The van der Waals surface area contributed by atoms with Gasteiger partial charge in [0.1, 0.15) is 36.3 Å². The summed E-state index contributed by atoms with van der Waals surface area (Å²) in [7, 11) is -10.3. The Labute approximate surface area is 259 Å². The third-order valence-corrected chi connectivity index (χ3v) is 9.48. The molecule has 25 nitrogen and oxygen atoms in total.